The molecule has 0 aliphatic carbocycles. The van der Waals surface area contributed by atoms with Crippen LogP contribution in [0.25, 0.3) is 0 Å². The number of amides is 1. The number of hydrogen-bond donors (Lipinski definition) is 2. The van der Waals surface area contributed by atoms with E-state index in [1.807, 2.05) is 62.4 Å². The predicted molar refractivity (Wildman–Crippen MR) is 95.2 cm³/mol. The van der Waals surface area contributed by atoms with Gasteiger partial charge < -0.3 is 15.2 Å². The van der Waals surface area contributed by atoms with Crippen molar-refractivity contribution in [3.63, 3.8) is 0 Å². The molecule has 2 aromatic carbocycles. The molecule has 2 aromatic rings. The number of para-hydroxylation sites is 1. The maximum absolute atomic E-state index is 12.2. The van der Waals surface area contributed by atoms with E-state index in [9.17, 15) is 9.90 Å². The van der Waals surface area contributed by atoms with E-state index in [0.29, 0.717) is 6.42 Å². The summed E-state index contributed by atoms with van der Waals surface area (Å²) in [5, 5.41) is 13.1. The fourth-order valence-electron chi connectivity index (χ4n) is 2.81. The summed E-state index contributed by atoms with van der Waals surface area (Å²) in [4.78, 5) is 12.2. The predicted octanol–water partition coefficient (Wildman–Crippen LogP) is 3.35. The van der Waals surface area contributed by atoms with E-state index in [4.69, 9.17) is 4.74 Å². The van der Waals surface area contributed by atoms with Gasteiger partial charge in [-0.25, -0.2) is 0 Å². The van der Waals surface area contributed by atoms with Crippen molar-refractivity contribution in [3.05, 3.63) is 65.2 Å². The number of nitrogens with one attached hydrogen (secondary N) is 1. The van der Waals surface area contributed by atoms with Gasteiger partial charge in [0, 0.05) is 13.0 Å². The van der Waals surface area contributed by atoms with Crippen LogP contribution in [0.1, 0.15) is 42.1 Å². The van der Waals surface area contributed by atoms with Crippen LogP contribution >= 0.6 is 0 Å². The van der Waals surface area contributed by atoms with Crippen molar-refractivity contribution in [1.82, 2.24) is 5.32 Å². The number of carbonyl (C=O) groups is 1. The van der Waals surface area contributed by atoms with Gasteiger partial charge in [0.25, 0.3) is 0 Å². The second kappa shape index (κ2) is 8.50. The van der Waals surface area contributed by atoms with Crippen LogP contribution in [0.3, 0.4) is 0 Å². The molecule has 24 heavy (non-hydrogen) atoms. The summed E-state index contributed by atoms with van der Waals surface area (Å²) in [5.41, 5.74) is 2.87. The number of carbonyl (C=O) groups excluding carboxylic acids is 1. The highest BCUT2D eigenvalue weighted by atomic mass is 16.5. The normalized spacial score (nSPS) is 13.2. The lowest BCUT2D eigenvalue weighted by Gasteiger charge is -2.17. The number of hydrogen-bond acceptors (Lipinski definition) is 3. The summed E-state index contributed by atoms with van der Waals surface area (Å²) in [5.74, 6) is 0.746. The molecule has 2 unspecified atom stereocenters. The highest BCUT2D eigenvalue weighted by Gasteiger charge is 2.16. The minimum Gasteiger partial charge on any atom is -0.496 e. The van der Waals surface area contributed by atoms with E-state index in [-0.39, 0.29) is 18.4 Å². The molecule has 0 heterocycles. The number of methoxy groups -OCH3 is 1. The van der Waals surface area contributed by atoms with Crippen molar-refractivity contribution < 1.29 is 14.6 Å². The van der Waals surface area contributed by atoms with E-state index >= 15 is 0 Å². The minimum absolute atomic E-state index is 0.0387. The van der Waals surface area contributed by atoms with Gasteiger partial charge in [-0.3, -0.25) is 4.79 Å². The van der Waals surface area contributed by atoms with E-state index < -0.39 is 6.10 Å². The molecule has 0 aliphatic rings. The first kappa shape index (κ1) is 18.0. The van der Waals surface area contributed by atoms with Gasteiger partial charge in [0.1, 0.15) is 5.75 Å². The Morgan fingerprint density at radius 2 is 1.75 bits per heavy atom. The van der Waals surface area contributed by atoms with Crippen LogP contribution < -0.4 is 10.1 Å². The van der Waals surface area contributed by atoms with Gasteiger partial charge in [-0.2, -0.15) is 0 Å². The average molecular weight is 327 g/mol. The Hall–Kier alpha value is -2.33. The molecule has 2 N–H and O–H groups in total. The lowest BCUT2D eigenvalue weighted by Crippen LogP contribution is -2.29. The van der Waals surface area contributed by atoms with Crippen molar-refractivity contribution >= 4 is 5.91 Å². The largest absolute Gasteiger partial charge is 0.496 e. The molecule has 0 bridgehead atoms. The summed E-state index contributed by atoms with van der Waals surface area (Å²) < 4.78 is 5.35. The van der Waals surface area contributed by atoms with Crippen LogP contribution in [-0.2, 0) is 4.79 Å². The van der Waals surface area contributed by atoms with Gasteiger partial charge in [0.15, 0.2) is 0 Å². The Bertz CT molecular complexity index is 684. The highest BCUT2D eigenvalue weighted by Crippen LogP contribution is 2.28. The van der Waals surface area contributed by atoms with Crippen molar-refractivity contribution in [1.29, 1.82) is 0 Å². The lowest BCUT2D eigenvalue weighted by molar-refractivity contribution is -0.121. The molecule has 0 saturated carbocycles. The summed E-state index contributed by atoms with van der Waals surface area (Å²) in [7, 11) is 1.63. The SMILES string of the molecule is COc1ccccc1C(C)CC(=O)NCC(O)c1ccccc1C. The number of ether oxygens (including phenoxy) is 1. The molecular formula is C20H25NO3. The Morgan fingerprint density at radius 1 is 1.12 bits per heavy atom. The van der Waals surface area contributed by atoms with Gasteiger partial charge in [-0.05, 0) is 35.6 Å². The minimum atomic E-state index is -0.697. The van der Waals surface area contributed by atoms with Gasteiger partial charge >= 0.3 is 0 Å². The molecule has 4 nitrogen and oxygen atoms in total. The smallest absolute Gasteiger partial charge is 0.220 e. The topological polar surface area (TPSA) is 58.6 Å². The van der Waals surface area contributed by atoms with Crippen LogP contribution in [0.5, 0.6) is 5.75 Å². The monoisotopic (exact) mass is 327 g/mol. The van der Waals surface area contributed by atoms with Crippen molar-refractivity contribution in [2.75, 3.05) is 13.7 Å². The third kappa shape index (κ3) is 4.59. The molecule has 1 amide bonds. The second-order valence-electron chi connectivity index (χ2n) is 6.02. The van der Waals surface area contributed by atoms with Gasteiger partial charge in [-0.15, -0.1) is 0 Å². The second-order valence-corrected chi connectivity index (χ2v) is 6.02. The number of aliphatic hydroxyl groups is 1. The maximum atomic E-state index is 12.2. The van der Waals surface area contributed by atoms with Crippen LogP contribution in [0.2, 0.25) is 0 Å². The summed E-state index contributed by atoms with van der Waals surface area (Å²) in [6, 6.07) is 15.4. The quantitative estimate of drug-likeness (QED) is 0.820. The van der Waals surface area contributed by atoms with E-state index in [1.54, 1.807) is 7.11 Å². The van der Waals surface area contributed by atoms with Crippen molar-refractivity contribution in [2.24, 2.45) is 0 Å². The molecular weight excluding hydrogens is 302 g/mol. The Labute approximate surface area is 143 Å². The summed E-state index contributed by atoms with van der Waals surface area (Å²) in [6.07, 6.45) is -0.349. The molecule has 128 valence electrons. The van der Waals surface area contributed by atoms with Crippen LogP contribution in [0, 0.1) is 6.92 Å². The van der Waals surface area contributed by atoms with Gasteiger partial charge in [-0.1, -0.05) is 49.4 Å². The first-order valence-electron chi connectivity index (χ1n) is 8.16. The number of aliphatic hydroxyl groups excluding tert-OH is 1. The van der Waals surface area contributed by atoms with Gasteiger partial charge in [0.05, 0.1) is 13.2 Å². The standard InChI is InChI=1S/C20H25NO3/c1-14-8-4-5-9-16(14)18(22)13-21-20(23)12-15(2)17-10-6-7-11-19(17)24-3/h4-11,15,18,22H,12-13H2,1-3H3,(H,21,23). The Kier molecular flexibility index (Phi) is 6.38. The molecule has 0 aromatic heterocycles. The fraction of sp³-hybridized carbons (Fsp3) is 0.350. The van der Waals surface area contributed by atoms with Gasteiger partial charge in [0.2, 0.25) is 5.91 Å². The van der Waals surface area contributed by atoms with E-state index in [2.05, 4.69) is 5.32 Å². The zero-order chi connectivity index (χ0) is 17.5. The molecule has 0 spiro atoms. The third-order valence-corrected chi connectivity index (χ3v) is 4.20. The van der Waals surface area contributed by atoms with Crippen LogP contribution in [0.4, 0.5) is 0 Å². The lowest BCUT2D eigenvalue weighted by atomic mass is 9.96. The summed E-state index contributed by atoms with van der Waals surface area (Å²) in [6.45, 7) is 4.15. The zero-order valence-electron chi connectivity index (χ0n) is 14.5. The first-order chi connectivity index (χ1) is 11.5. The third-order valence-electron chi connectivity index (χ3n) is 4.20. The maximum Gasteiger partial charge on any atom is 0.220 e. The van der Waals surface area contributed by atoms with Crippen molar-refractivity contribution in [3.8, 4) is 5.75 Å². The van der Waals surface area contributed by atoms with Crippen LogP contribution in [0.15, 0.2) is 48.5 Å². The fourth-order valence-corrected chi connectivity index (χ4v) is 2.81. The molecule has 0 aliphatic heterocycles. The number of benzene rings is 2. The molecule has 0 radical (unpaired) electrons. The molecule has 2 atom stereocenters. The highest BCUT2D eigenvalue weighted by molar-refractivity contribution is 5.77. The summed E-state index contributed by atoms with van der Waals surface area (Å²) >= 11 is 0. The number of rotatable bonds is 7. The molecule has 0 saturated heterocycles. The first-order valence-corrected chi connectivity index (χ1v) is 8.16. The Balaban J connectivity index is 1.90. The molecule has 0 fully saturated rings. The average Bonchev–Trinajstić information content (AvgIpc) is 2.60. The van der Waals surface area contributed by atoms with Crippen molar-refractivity contribution in [2.45, 2.75) is 32.3 Å². The van der Waals surface area contributed by atoms with Crippen LogP contribution in [-0.4, -0.2) is 24.7 Å². The Morgan fingerprint density at radius 3 is 2.42 bits per heavy atom. The molecule has 2 rings (SSSR count). The molecule has 4 heteroatoms. The van der Waals surface area contributed by atoms with E-state index in [0.717, 1.165) is 22.4 Å². The zero-order valence-corrected chi connectivity index (χ0v) is 14.5. The number of aryl methyl sites for hydroxylation is 1. The van der Waals surface area contributed by atoms with E-state index in [1.165, 1.54) is 0 Å².